The molecule has 6 heteroatoms. The Hall–Kier alpha value is -2.63. The molecule has 27 heavy (non-hydrogen) atoms. The number of benzene rings is 1. The average molecular weight is 373 g/mol. The van der Waals surface area contributed by atoms with Crippen molar-refractivity contribution in [3.8, 4) is 11.5 Å². The van der Waals surface area contributed by atoms with Crippen LogP contribution in [0, 0.1) is 0 Å². The first-order valence-corrected chi connectivity index (χ1v) is 9.64. The maximum Gasteiger partial charge on any atom is 0.191 e. The highest BCUT2D eigenvalue weighted by Crippen LogP contribution is 2.30. The molecule has 1 aromatic heterocycles. The van der Waals surface area contributed by atoms with Gasteiger partial charge in [0.2, 0.25) is 0 Å². The number of furan rings is 1. The summed E-state index contributed by atoms with van der Waals surface area (Å²) in [4.78, 5) is 4.64. The van der Waals surface area contributed by atoms with Crippen LogP contribution in [-0.2, 0) is 6.42 Å². The van der Waals surface area contributed by atoms with E-state index < -0.39 is 0 Å². The Balaban J connectivity index is 2.04. The number of guanidine groups is 1. The van der Waals surface area contributed by atoms with Crippen LogP contribution in [0.2, 0.25) is 0 Å². The molecule has 0 bridgehead atoms. The van der Waals surface area contributed by atoms with Crippen LogP contribution in [0.5, 0.6) is 11.5 Å². The molecule has 2 N–H and O–H groups in total. The van der Waals surface area contributed by atoms with Crippen LogP contribution < -0.4 is 20.1 Å². The van der Waals surface area contributed by atoms with Crippen LogP contribution in [0.15, 0.2) is 46.0 Å². The first-order chi connectivity index (χ1) is 13.2. The van der Waals surface area contributed by atoms with Gasteiger partial charge in [-0.25, -0.2) is 0 Å². The molecule has 2 aromatic rings. The lowest BCUT2D eigenvalue weighted by molar-refractivity contribution is 0.287. The molecule has 1 aromatic carbocycles. The van der Waals surface area contributed by atoms with E-state index in [1.54, 1.807) is 6.26 Å². The molecule has 148 valence electrons. The molecule has 0 fully saturated rings. The molecular formula is C21H31N3O3. The molecule has 0 aliphatic rings. The number of rotatable bonds is 10. The molecule has 1 atom stereocenters. The summed E-state index contributed by atoms with van der Waals surface area (Å²) in [6.45, 7) is 10.8. The van der Waals surface area contributed by atoms with E-state index in [0.717, 1.165) is 41.7 Å². The maximum atomic E-state index is 5.73. The molecule has 0 radical (unpaired) electrons. The van der Waals surface area contributed by atoms with Gasteiger partial charge in [-0.15, -0.1) is 0 Å². The van der Waals surface area contributed by atoms with Crippen LogP contribution in [0.4, 0.5) is 0 Å². The van der Waals surface area contributed by atoms with Crippen LogP contribution >= 0.6 is 0 Å². The molecule has 1 unspecified atom stereocenters. The van der Waals surface area contributed by atoms with E-state index in [0.29, 0.717) is 19.8 Å². The van der Waals surface area contributed by atoms with Crippen molar-refractivity contribution < 1.29 is 13.9 Å². The predicted octanol–water partition coefficient (Wildman–Crippen LogP) is 3.94. The largest absolute Gasteiger partial charge is 0.490 e. The fraction of sp³-hybridized carbons (Fsp3) is 0.476. The Morgan fingerprint density at radius 3 is 2.56 bits per heavy atom. The minimum Gasteiger partial charge on any atom is -0.490 e. The first kappa shape index (κ1) is 20.7. The maximum absolute atomic E-state index is 5.73. The minimum atomic E-state index is 0.0706. The van der Waals surface area contributed by atoms with Crippen LogP contribution in [0.3, 0.4) is 0 Å². The van der Waals surface area contributed by atoms with Crippen molar-refractivity contribution in [3.63, 3.8) is 0 Å². The third-order valence-electron chi connectivity index (χ3n) is 3.97. The number of ether oxygens (including phenoxy) is 2. The molecular weight excluding hydrogens is 342 g/mol. The van der Waals surface area contributed by atoms with Gasteiger partial charge in [0, 0.05) is 19.5 Å². The minimum absolute atomic E-state index is 0.0706. The normalized spacial score (nSPS) is 12.5. The van der Waals surface area contributed by atoms with Crippen LogP contribution in [-0.4, -0.2) is 32.3 Å². The third kappa shape index (κ3) is 6.55. The summed E-state index contributed by atoms with van der Waals surface area (Å²) in [5.74, 6) is 3.26. The molecule has 0 saturated heterocycles. The van der Waals surface area contributed by atoms with Gasteiger partial charge in [0.1, 0.15) is 5.76 Å². The molecule has 1 heterocycles. The standard InChI is InChI=1S/C21H31N3O3/c1-5-22-21(23-13-12-18-9-8-14-27-18)24-16(4)17-10-11-19(25-6-2)20(15-17)26-7-3/h8-11,14-16H,5-7,12-13H2,1-4H3,(H2,22,23,24). The van der Waals surface area contributed by atoms with Crippen molar-refractivity contribution in [2.75, 3.05) is 26.3 Å². The summed E-state index contributed by atoms with van der Waals surface area (Å²) in [7, 11) is 0. The number of aliphatic imine (C=N–C) groups is 1. The Labute approximate surface area is 162 Å². The van der Waals surface area contributed by atoms with E-state index in [4.69, 9.17) is 13.9 Å². The molecule has 2 rings (SSSR count). The van der Waals surface area contributed by atoms with E-state index in [2.05, 4.69) is 35.5 Å². The van der Waals surface area contributed by atoms with E-state index in [1.165, 1.54) is 0 Å². The van der Waals surface area contributed by atoms with E-state index >= 15 is 0 Å². The van der Waals surface area contributed by atoms with Crippen LogP contribution in [0.25, 0.3) is 0 Å². The lowest BCUT2D eigenvalue weighted by Crippen LogP contribution is -2.38. The Morgan fingerprint density at radius 2 is 1.89 bits per heavy atom. The molecule has 6 nitrogen and oxygen atoms in total. The third-order valence-corrected chi connectivity index (χ3v) is 3.97. The van der Waals surface area contributed by atoms with Gasteiger partial charge in [-0.05, 0) is 57.5 Å². The average Bonchev–Trinajstić information content (AvgIpc) is 3.17. The summed E-state index contributed by atoms with van der Waals surface area (Å²) < 4.78 is 16.7. The van der Waals surface area contributed by atoms with Crippen molar-refractivity contribution in [1.82, 2.24) is 10.6 Å². The number of hydrogen-bond donors (Lipinski definition) is 2. The summed E-state index contributed by atoms with van der Waals surface area (Å²) >= 11 is 0. The van der Waals surface area contributed by atoms with E-state index in [9.17, 15) is 0 Å². The summed E-state index contributed by atoms with van der Waals surface area (Å²) in [6.07, 6.45) is 2.46. The fourth-order valence-corrected chi connectivity index (χ4v) is 2.68. The second-order valence-corrected chi connectivity index (χ2v) is 6.03. The second-order valence-electron chi connectivity index (χ2n) is 6.03. The number of nitrogens with zero attached hydrogens (tertiary/aromatic N) is 1. The van der Waals surface area contributed by atoms with Gasteiger partial charge in [0.25, 0.3) is 0 Å². The van der Waals surface area contributed by atoms with Gasteiger partial charge < -0.3 is 24.5 Å². The van der Waals surface area contributed by atoms with Gasteiger partial charge >= 0.3 is 0 Å². The van der Waals surface area contributed by atoms with Crippen LogP contribution in [0.1, 0.15) is 45.1 Å². The Morgan fingerprint density at radius 1 is 1.11 bits per heavy atom. The second kappa shape index (κ2) is 11.2. The lowest BCUT2D eigenvalue weighted by atomic mass is 10.1. The van der Waals surface area contributed by atoms with Crippen molar-refractivity contribution in [3.05, 3.63) is 47.9 Å². The number of hydrogen-bond acceptors (Lipinski definition) is 4. The zero-order valence-electron chi connectivity index (χ0n) is 16.7. The lowest BCUT2D eigenvalue weighted by Gasteiger charge is -2.20. The zero-order chi connectivity index (χ0) is 19.5. The van der Waals surface area contributed by atoms with Gasteiger partial charge in [-0.1, -0.05) is 6.07 Å². The van der Waals surface area contributed by atoms with Gasteiger partial charge in [-0.3, -0.25) is 4.99 Å². The molecule has 0 spiro atoms. The summed E-state index contributed by atoms with van der Waals surface area (Å²) in [5, 5.41) is 6.73. The van der Waals surface area contributed by atoms with Crippen molar-refractivity contribution in [1.29, 1.82) is 0 Å². The first-order valence-electron chi connectivity index (χ1n) is 9.64. The van der Waals surface area contributed by atoms with Crippen molar-refractivity contribution >= 4 is 5.96 Å². The quantitative estimate of drug-likeness (QED) is 0.488. The Kier molecular flexibility index (Phi) is 8.55. The molecule has 0 amide bonds. The van der Waals surface area contributed by atoms with Gasteiger partial charge in [-0.2, -0.15) is 0 Å². The zero-order valence-corrected chi connectivity index (χ0v) is 16.7. The highest BCUT2D eigenvalue weighted by molar-refractivity contribution is 5.80. The topological polar surface area (TPSA) is 68.0 Å². The SMILES string of the molecule is CCNC(=NCCc1ccco1)NC(C)c1ccc(OCC)c(OCC)c1. The summed E-state index contributed by atoms with van der Waals surface area (Å²) in [5.41, 5.74) is 1.11. The monoisotopic (exact) mass is 373 g/mol. The fourth-order valence-electron chi connectivity index (χ4n) is 2.68. The molecule has 0 saturated carbocycles. The van der Waals surface area contributed by atoms with Gasteiger partial charge in [0.15, 0.2) is 17.5 Å². The Bertz CT molecular complexity index is 699. The molecule has 0 aliphatic heterocycles. The smallest absolute Gasteiger partial charge is 0.191 e. The van der Waals surface area contributed by atoms with E-state index in [1.807, 2.05) is 38.1 Å². The summed E-state index contributed by atoms with van der Waals surface area (Å²) in [6, 6.07) is 9.97. The number of nitrogens with one attached hydrogen (secondary N) is 2. The van der Waals surface area contributed by atoms with Gasteiger partial charge in [0.05, 0.1) is 25.5 Å². The van der Waals surface area contributed by atoms with Crippen molar-refractivity contribution in [2.45, 2.75) is 40.2 Å². The molecule has 0 aliphatic carbocycles. The van der Waals surface area contributed by atoms with Crippen molar-refractivity contribution in [2.24, 2.45) is 4.99 Å². The van der Waals surface area contributed by atoms with E-state index in [-0.39, 0.29) is 6.04 Å². The predicted molar refractivity (Wildman–Crippen MR) is 109 cm³/mol. The highest BCUT2D eigenvalue weighted by atomic mass is 16.5. The highest BCUT2D eigenvalue weighted by Gasteiger charge is 2.12.